The first-order valence-electron chi connectivity index (χ1n) is 7.18. The summed E-state index contributed by atoms with van der Waals surface area (Å²) in [6, 6.07) is 13.4. The quantitative estimate of drug-likeness (QED) is 0.755. The highest BCUT2D eigenvalue weighted by Gasteiger charge is 2.13. The predicted octanol–water partition coefficient (Wildman–Crippen LogP) is 4.53. The van der Waals surface area contributed by atoms with Crippen molar-refractivity contribution in [2.45, 2.75) is 20.8 Å². The van der Waals surface area contributed by atoms with E-state index in [1.807, 2.05) is 50.2 Å². The van der Waals surface area contributed by atoms with E-state index in [0.29, 0.717) is 22.2 Å². The first-order valence-corrected chi connectivity index (χ1v) is 7.18. The van der Waals surface area contributed by atoms with Gasteiger partial charge in [-0.3, -0.25) is 0 Å². The van der Waals surface area contributed by atoms with Crippen LogP contribution in [-0.4, -0.2) is 16.1 Å². The molecule has 3 rings (SSSR count). The second-order valence-electron chi connectivity index (χ2n) is 5.68. The van der Waals surface area contributed by atoms with Crippen LogP contribution in [0.3, 0.4) is 0 Å². The van der Waals surface area contributed by atoms with Crippen LogP contribution in [0.5, 0.6) is 0 Å². The maximum atomic E-state index is 11.6. The van der Waals surface area contributed by atoms with Crippen molar-refractivity contribution in [1.29, 1.82) is 0 Å². The summed E-state index contributed by atoms with van der Waals surface area (Å²) < 4.78 is 0. The Morgan fingerprint density at radius 3 is 2.41 bits per heavy atom. The minimum Gasteiger partial charge on any atom is -0.478 e. The summed E-state index contributed by atoms with van der Waals surface area (Å²) in [4.78, 5) is 16.2. The summed E-state index contributed by atoms with van der Waals surface area (Å²) in [5.41, 5.74) is 6.03. The van der Waals surface area contributed by atoms with E-state index in [1.165, 1.54) is 11.1 Å². The molecule has 3 nitrogen and oxygen atoms in total. The Labute approximate surface area is 129 Å². The zero-order valence-corrected chi connectivity index (χ0v) is 12.8. The van der Waals surface area contributed by atoms with Crippen LogP contribution in [0.4, 0.5) is 0 Å². The minimum absolute atomic E-state index is 0.293. The topological polar surface area (TPSA) is 50.2 Å². The van der Waals surface area contributed by atoms with E-state index in [-0.39, 0.29) is 0 Å². The maximum Gasteiger partial charge on any atom is 0.336 e. The van der Waals surface area contributed by atoms with E-state index in [0.717, 1.165) is 11.1 Å². The van der Waals surface area contributed by atoms with Crippen molar-refractivity contribution < 1.29 is 9.90 Å². The fourth-order valence-electron chi connectivity index (χ4n) is 2.57. The third kappa shape index (κ3) is 2.46. The summed E-state index contributed by atoms with van der Waals surface area (Å²) in [5, 5.41) is 10.2. The number of fused-ring (bicyclic) bond motifs is 1. The van der Waals surface area contributed by atoms with Gasteiger partial charge in [-0.05, 0) is 56.2 Å². The number of pyridine rings is 1. The number of hydrogen-bond acceptors (Lipinski definition) is 2. The lowest BCUT2D eigenvalue weighted by molar-refractivity contribution is 0.0699. The van der Waals surface area contributed by atoms with Gasteiger partial charge in [-0.15, -0.1) is 0 Å². The molecule has 0 saturated heterocycles. The molecule has 2 aromatic carbocycles. The van der Waals surface area contributed by atoms with Crippen molar-refractivity contribution in [2.75, 3.05) is 0 Å². The summed E-state index contributed by atoms with van der Waals surface area (Å²) in [6.45, 7) is 6.04. The average Bonchev–Trinajstić information content (AvgIpc) is 2.48. The lowest BCUT2D eigenvalue weighted by Gasteiger charge is -2.09. The van der Waals surface area contributed by atoms with Crippen LogP contribution in [0.15, 0.2) is 42.5 Å². The Morgan fingerprint density at radius 1 is 0.955 bits per heavy atom. The fourth-order valence-corrected chi connectivity index (χ4v) is 2.57. The fraction of sp³-hybridized carbons (Fsp3) is 0.158. The van der Waals surface area contributed by atoms with Gasteiger partial charge in [0.15, 0.2) is 0 Å². The number of aryl methyl sites for hydroxylation is 3. The van der Waals surface area contributed by atoms with Crippen molar-refractivity contribution in [3.8, 4) is 11.3 Å². The molecule has 0 saturated carbocycles. The number of nitrogens with zero attached hydrogens (tertiary/aromatic N) is 1. The highest BCUT2D eigenvalue weighted by Crippen LogP contribution is 2.27. The van der Waals surface area contributed by atoms with Gasteiger partial charge in [0.05, 0.1) is 16.8 Å². The SMILES string of the molecule is Cc1ccc2nc(-c3ccc(C)c(C)c3)cc(C(=O)O)c2c1. The predicted molar refractivity (Wildman–Crippen MR) is 88.3 cm³/mol. The monoisotopic (exact) mass is 291 g/mol. The van der Waals surface area contributed by atoms with Crippen molar-refractivity contribution >= 4 is 16.9 Å². The van der Waals surface area contributed by atoms with Crippen molar-refractivity contribution in [3.05, 3.63) is 64.7 Å². The molecule has 0 bridgehead atoms. The summed E-state index contributed by atoms with van der Waals surface area (Å²) >= 11 is 0. The molecule has 22 heavy (non-hydrogen) atoms. The first kappa shape index (κ1) is 14.3. The van der Waals surface area contributed by atoms with Crippen LogP contribution in [0, 0.1) is 20.8 Å². The van der Waals surface area contributed by atoms with Crippen molar-refractivity contribution in [2.24, 2.45) is 0 Å². The first-order chi connectivity index (χ1) is 10.5. The summed E-state index contributed by atoms with van der Waals surface area (Å²) in [6.07, 6.45) is 0. The highest BCUT2D eigenvalue weighted by molar-refractivity contribution is 6.04. The molecule has 1 N–H and O–H groups in total. The number of aromatic nitrogens is 1. The van der Waals surface area contributed by atoms with Crippen LogP contribution in [0.25, 0.3) is 22.2 Å². The molecule has 0 aliphatic rings. The van der Waals surface area contributed by atoms with E-state index in [1.54, 1.807) is 6.07 Å². The van der Waals surface area contributed by atoms with Crippen molar-refractivity contribution in [3.63, 3.8) is 0 Å². The van der Waals surface area contributed by atoms with Gasteiger partial charge in [-0.2, -0.15) is 0 Å². The number of carbonyl (C=O) groups is 1. The number of rotatable bonds is 2. The molecular formula is C19H17NO2. The summed E-state index contributed by atoms with van der Waals surface area (Å²) in [7, 11) is 0. The zero-order chi connectivity index (χ0) is 15.9. The van der Waals surface area contributed by atoms with Crippen LogP contribution >= 0.6 is 0 Å². The molecule has 1 aromatic heterocycles. The standard InChI is InChI=1S/C19H17NO2/c1-11-4-7-17-15(8-11)16(19(21)22)10-18(20-17)14-6-5-12(2)13(3)9-14/h4-10H,1-3H3,(H,21,22). The lowest BCUT2D eigenvalue weighted by atomic mass is 10.0. The largest absolute Gasteiger partial charge is 0.478 e. The number of benzene rings is 2. The van der Waals surface area contributed by atoms with E-state index < -0.39 is 5.97 Å². The molecule has 3 aromatic rings. The smallest absolute Gasteiger partial charge is 0.336 e. The molecule has 0 unspecified atom stereocenters. The average molecular weight is 291 g/mol. The third-order valence-corrected chi connectivity index (χ3v) is 4.00. The van der Waals surface area contributed by atoms with Crippen LogP contribution in [0.2, 0.25) is 0 Å². The number of carboxylic acid groups (broad SMARTS) is 1. The minimum atomic E-state index is -0.928. The third-order valence-electron chi connectivity index (χ3n) is 4.00. The zero-order valence-electron chi connectivity index (χ0n) is 12.8. The number of hydrogen-bond donors (Lipinski definition) is 1. The number of aromatic carboxylic acids is 1. The van der Waals surface area contributed by atoms with Gasteiger partial charge in [-0.1, -0.05) is 23.8 Å². The molecule has 0 amide bonds. The Kier molecular flexibility index (Phi) is 3.41. The molecule has 110 valence electrons. The highest BCUT2D eigenvalue weighted by atomic mass is 16.4. The number of carboxylic acids is 1. The van der Waals surface area contributed by atoms with Crippen LogP contribution < -0.4 is 0 Å². The Morgan fingerprint density at radius 2 is 1.73 bits per heavy atom. The van der Waals surface area contributed by atoms with Gasteiger partial charge in [0.1, 0.15) is 0 Å². The second-order valence-corrected chi connectivity index (χ2v) is 5.68. The van der Waals surface area contributed by atoms with Gasteiger partial charge in [0.2, 0.25) is 0 Å². The van der Waals surface area contributed by atoms with Crippen LogP contribution in [-0.2, 0) is 0 Å². The molecule has 0 radical (unpaired) electrons. The van der Waals surface area contributed by atoms with Gasteiger partial charge in [0, 0.05) is 10.9 Å². The van der Waals surface area contributed by atoms with E-state index >= 15 is 0 Å². The van der Waals surface area contributed by atoms with E-state index in [4.69, 9.17) is 0 Å². The molecule has 0 fully saturated rings. The van der Waals surface area contributed by atoms with Crippen molar-refractivity contribution in [1.82, 2.24) is 4.98 Å². The second kappa shape index (κ2) is 5.26. The van der Waals surface area contributed by atoms with Crippen LogP contribution in [0.1, 0.15) is 27.0 Å². The molecule has 0 aliphatic heterocycles. The lowest BCUT2D eigenvalue weighted by Crippen LogP contribution is -2.00. The molecule has 0 spiro atoms. The molecular weight excluding hydrogens is 274 g/mol. The van der Waals surface area contributed by atoms with E-state index in [9.17, 15) is 9.90 Å². The molecule has 0 atom stereocenters. The van der Waals surface area contributed by atoms with E-state index in [2.05, 4.69) is 11.9 Å². The molecule has 0 aliphatic carbocycles. The molecule has 1 heterocycles. The Balaban J connectivity index is 2.29. The Bertz CT molecular complexity index is 897. The normalized spacial score (nSPS) is 10.9. The van der Waals surface area contributed by atoms with Gasteiger partial charge in [-0.25, -0.2) is 9.78 Å². The summed E-state index contributed by atoms with van der Waals surface area (Å²) in [5.74, 6) is -0.928. The van der Waals surface area contributed by atoms with Gasteiger partial charge >= 0.3 is 5.97 Å². The maximum absolute atomic E-state index is 11.6. The van der Waals surface area contributed by atoms with Gasteiger partial charge in [0.25, 0.3) is 0 Å². The van der Waals surface area contributed by atoms with Gasteiger partial charge < -0.3 is 5.11 Å². The molecule has 3 heteroatoms. The Hall–Kier alpha value is -2.68.